The topological polar surface area (TPSA) is 61.8 Å². The van der Waals surface area contributed by atoms with Crippen molar-refractivity contribution in [1.82, 2.24) is 0 Å². The number of hydrogen-bond donors (Lipinski definition) is 0. The van der Waals surface area contributed by atoms with Crippen LogP contribution >= 0.6 is 0 Å². The van der Waals surface area contributed by atoms with Gasteiger partial charge in [0, 0.05) is 19.4 Å². The zero-order valence-corrected chi connectivity index (χ0v) is 44.6. The quantitative estimate of drug-likeness (QED) is 0.0345. The number of unbranched alkanes of at least 4 members (excludes halogenated alkanes) is 22. The monoisotopic (exact) mass is 943 g/mol. The van der Waals surface area contributed by atoms with Crippen LogP contribution in [0.2, 0.25) is 0 Å². The molecule has 0 heterocycles. The Balaban J connectivity index is 4.35. The molecule has 0 saturated heterocycles. The number of ether oxygens (including phenoxy) is 3. The first-order chi connectivity index (χ1) is 33.6. The van der Waals surface area contributed by atoms with E-state index in [1.54, 1.807) is 0 Å². The van der Waals surface area contributed by atoms with Gasteiger partial charge in [-0.2, -0.15) is 0 Å². The van der Waals surface area contributed by atoms with Crippen molar-refractivity contribution in [3.8, 4) is 0 Å². The van der Waals surface area contributed by atoms with Crippen molar-refractivity contribution in [2.75, 3.05) is 19.8 Å². The fourth-order valence-corrected chi connectivity index (χ4v) is 7.65. The summed E-state index contributed by atoms with van der Waals surface area (Å²) in [5.74, 6) is -0.427. The van der Waals surface area contributed by atoms with Crippen molar-refractivity contribution in [2.45, 2.75) is 258 Å². The summed E-state index contributed by atoms with van der Waals surface area (Å²) in [5, 5.41) is 0. The number of rotatable bonds is 51. The van der Waals surface area contributed by atoms with Crippen LogP contribution in [0.4, 0.5) is 0 Å². The van der Waals surface area contributed by atoms with Gasteiger partial charge in [0.2, 0.25) is 0 Å². The summed E-state index contributed by atoms with van der Waals surface area (Å²) in [5.41, 5.74) is 0. The maximum absolute atomic E-state index is 12.8. The first-order valence-electron chi connectivity index (χ1n) is 28.4. The normalized spacial score (nSPS) is 13.0. The van der Waals surface area contributed by atoms with Gasteiger partial charge < -0.3 is 14.2 Å². The second-order valence-corrected chi connectivity index (χ2v) is 18.4. The van der Waals surface area contributed by atoms with E-state index in [9.17, 15) is 9.59 Å². The highest BCUT2D eigenvalue weighted by molar-refractivity contribution is 5.70. The lowest BCUT2D eigenvalue weighted by atomic mass is 10.0. The van der Waals surface area contributed by atoms with Gasteiger partial charge in [-0.25, -0.2) is 0 Å². The van der Waals surface area contributed by atoms with E-state index in [-0.39, 0.29) is 25.2 Å². The average molecular weight is 944 g/mol. The molecule has 68 heavy (non-hydrogen) atoms. The van der Waals surface area contributed by atoms with Crippen LogP contribution in [0.5, 0.6) is 0 Å². The van der Waals surface area contributed by atoms with Gasteiger partial charge in [0.1, 0.15) is 6.61 Å². The number of hydrogen-bond acceptors (Lipinski definition) is 5. The smallest absolute Gasteiger partial charge is 0.306 e. The summed E-state index contributed by atoms with van der Waals surface area (Å²) in [6, 6.07) is 0. The Morgan fingerprint density at radius 1 is 0.338 bits per heavy atom. The van der Waals surface area contributed by atoms with E-state index in [1.807, 2.05) is 0 Å². The molecule has 1 atom stereocenters. The molecule has 0 amide bonds. The molecule has 0 saturated carbocycles. The molecule has 0 rings (SSSR count). The first kappa shape index (κ1) is 64.6. The van der Waals surface area contributed by atoms with E-state index in [2.05, 4.69) is 130 Å². The lowest BCUT2D eigenvalue weighted by Gasteiger charge is -2.18. The summed E-state index contributed by atoms with van der Waals surface area (Å²) in [6.07, 6.45) is 79.6. The van der Waals surface area contributed by atoms with Crippen LogP contribution in [0.3, 0.4) is 0 Å². The molecule has 1 unspecified atom stereocenters. The van der Waals surface area contributed by atoms with Crippen LogP contribution < -0.4 is 0 Å². The highest BCUT2D eigenvalue weighted by Gasteiger charge is 2.17. The molecular weight excluding hydrogens is 837 g/mol. The zero-order valence-electron chi connectivity index (χ0n) is 44.6. The van der Waals surface area contributed by atoms with Crippen LogP contribution in [-0.4, -0.2) is 37.9 Å². The molecule has 0 aliphatic carbocycles. The molecule has 0 aliphatic rings. The summed E-state index contributed by atoms with van der Waals surface area (Å²) >= 11 is 0. The molecule has 0 aliphatic heterocycles. The van der Waals surface area contributed by atoms with Crippen LogP contribution in [0, 0.1) is 0 Å². The molecule has 0 bridgehead atoms. The molecule has 0 spiro atoms. The van der Waals surface area contributed by atoms with Crippen molar-refractivity contribution in [3.05, 3.63) is 109 Å². The van der Waals surface area contributed by atoms with Gasteiger partial charge in [0.25, 0.3) is 0 Å². The van der Waals surface area contributed by atoms with Gasteiger partial charge in [0.15, 0.2) is 6.10 Å². The molecule has 0 aromatic rings. The second-order valence-electron chi connectivity index (χ2n) is 18.4. The summed E-state index contributed by atoms with van der Waals surface area (Å²) in [4.78, 5) is 25.5. The highest BCUT2D eigenvalue weighted by atomic mass is 16.6. The maximum Gasteiger partial charge on any atom is 0.306 e. The van der Waals surface area contributed by atoms with Gasteiger partial charge >= 0.3 is 11.9 Å². The molecule has 388 valence electrons. The van der Waals surface area contributed by atoms with Crippen LogP contribution in [0.25, 0.3) is 0 Å². The van der Waals surface area contributed by atoms with E-state index in [0.29, 0.717) is 19.4 Å². The van der Waals surface area contributed by atoms with E-state index in [0.717, 1.165) is 116 Å². The third-order valence-corrected chi connectivity index (χ3v) is 11.8. The predicted octanol–water partition coefficient (Wildman–Crippen LogP) is 19.6. The molecule has 5 nitrogen and oxygen atoms in total. The van der Waals surface area contributed by atoms with Crippen LogP contribution in [-0.2, 0) is 23.8 Å². The molecular formula is C63H106O5. The fraction of sp³-hybridized carbons (Fsp3) is 0.683. The minimum absolute atomic E-state index is 0.0632. The summed E-state index contributed by atoms with van der Waals surface area (Å²) in [7, 11) is 0. The predicted molar refractivity (Wildman–Crippen MR) is 297 cm³/mol. The largest absolute Gasteiger partial charge is 0.462 e. The Hall–Kier alpha value is -3.44. The number of carbonyl (C=O) groups excluding carboxylic acids is 2. The first-order valence-corrected chi connectivity index (χ1v) is 28.4. The SMILES string of the molecule is CC/C=C\C/C=C\C/C=C\C/C=C\C/C=C\CCCCCCOCC(COC(=O)CCCCCCCC/C=C\C/C=C\C/C=C\C/C=C\CC)OC(=O)CCCCCCCCCCCCCCC. The Morgan fingerprint density at radius 2 is 0.662 bits per heavy atom. The van der Waals surface area contributed by atoms with Gasteiger partial charge in [0.05, 0.1) is 6.61 Å². The van der Waals surface area contributed by atoms with Crippen LogP contribution in [0.15, 0.2) is 109 Å². The van der Waals surface area contributed by atoms with Gasteiger partial charge in [-0.05, 0) is 103 Å². The number of carbonyl (C=O) groups is 2. The molecule has 5 heteroatoms. The second kappa shape index (κ2) is 57.9. The highest BCUT2D eigenvalue weighted by Crippen LogP contribution is 2.15. The third-order valence-electron chi connectivity index (χ3n) is 11.8. The molecule has 0 fully saturated rings. The Labute approximate surface area is 421 Å². The fourth-order valence-electron chi connectivity index (χ4n) is 7.65. The van der Waals surface area contributed by atoms with Crippen molar-refractivity contribution in [1.29, 1.82) is 0 Å². The number of esters is 2. The lowest BCUT2D eigenvalue weighted by Crippen LogP contribution is -2.30. The van der Waals surface area contributed by atoms with E-state index in [4.69, 9.17) is 14.2 Å². The number of allylic oxidation sites excluding steroid dienone is 18. The van der Waals surface area contributed by atoms with Gasteiger partial charge in [-0.3, -0.25) is 9.59 Å². The van der Waals surface area contributed by atoms with Crippen LogP contribution in [0.1, 0.15) is 252 Å². The van der Waals surface area contributed by atoms with Crippen molar-refractivity contribution in [3.63, 3.8) is 0 Å². The molecule has 0 aromatic heterocycles. The summed E-state index contributed by atoms with van der Waals surface area (Å²) < 4.78 is 17.4. The minimum Gasteiger partial charge on any atom is -0.462 e. The Morgan fingerprint density at radius 3 is 1.06 bits per heavy atom. The van der Waals surface area contributed by atoms with E-state index >= 15 is 0 Å². The van der Waals surface area contributed by atoms with Gasteiger partial charge in [-0.1, -0.05) is 246 Å². The minimum atomic E-state index is -0.561. The summed E-state index contributed by atoms with van der Waals surface area (Å²) in [6.45, 7) is 7.54. The van der Waals surface area contributed by atoms with Gasteiger partial charge in [-0.15, -0.1) is 0 Å². The lowest BCUT2D eigenvalue weighted by molar-refractivity contribution is -0.163. The molecule has 0 radical (unpaired) electrons. The van der Waals surface area contributed by atoms with Crippen molar-refractivity contribution < 1.29 is 23.8 Å². The molecule has 0 aromatic carbocycles. The standard InChI is InChI=1S/C63H106O5/c1-4-7-10-13-16-19-22-25-27-29-31-33-35-37-40-43-46-49-52-55-58-66-59-61(68-63(65)57-54-51-48-45-42-38-24-21-18-15-12-9-6-3)60-67-62(64)56-53-50-47-44-41-39-36-34-32-30-28-26-23-20-17-14-11-8-5-2/h7-8,10-11,16-17,19-20,25-28,31-34,37,40,61H,4-6,9,12-15,18,21-24,29-30,35-36,38-39,41-60H2,1-3H3/b10-7-,11-8-,19-16-,20-17-,27-25-,28-26-,33-31-,34-32-,40-37-. The van der Waals surface area contributed by atoms with E-state index < -0.39 is 6.10 Å². The average Bonchev–Trinajstić information content (AvgIpc) is 3.34. The van der Waals surface area contributed by atoms with E-state index in [1.165, 1.54) is 103 Å². The molecule has 0 N–H and O–H groups in total. The zero-order chi connectivity index (χ0) is 49.2. The van der Waals surface area contributed by atoms with Crippen molar-refractivity contribution >= 4 is 11.9 Å². The Bertz CT molecular complexity index is 1340. The van der Waals surface area contributed by atoms with Crippen molar-refractivity contribution in [2.24, 2.45) is 0 Å². The maximum atomic E-state index is 12.8. The Kier molecular flexibility index (Phi) is 54.9. The third kappa shape index (κ3) is 55.2.